The summed E-state index contributed by atoms with van der Waals surface area (Å²) < 4.78 is 54.4. The summed E-state index contributed by atoms with van der Waals surface area (Å²) in [5.74, 6) is -1.28. The van der Waals surface area contributed by atoms with Crippen molar-refractivity contribution in [2.75, 3.05) is 5.75 Å². The zero-order valence-electron chi connectivity index (χ0n) is 15.8. The van der Waals surface area contributed by atoms with Gasteiger partial charge >= 0.3 is 0 Å². The second-order valence-corrected chi connectivity index (χ2v) is 10.1. The van der Waals surface area contributed by atoms with Gasteiger partial charge in [-0.05, 0) is 24.3 Å². The average molecular weight is 457 g/mol. The number of aromatic nitrogens is 2. The Hall–Kier alpha value is -3.41. The van der Waals surface area contributed by atoms with Crippen LogP contribution in [0.5, 0.6) is 0 Å². The molecule has 9 nitrogen and oxygen atoms in total. The maximum Gasteiger partial charge on any atom is 0.239 e. The topological polar surface area (TPSA) is 150 Å². The highest BCUT2D eigenvalue weighted by Gasteiger charge is 2.27. The summed E-state index contributed by atoms with van der Waals surface area (Å²) in [5.41, 5.74) is 1.87. The molecule has 0 saturated carbocycles. The Bertz CT molecular complexity index is 1480. The first kappa shape index (κ1) is 20.8. The maximum atomic E-state index is 12.7. The minimum atomic E-state index is -4.28. The molecular weight excluding hydrogens is 442 g/mol. The van der Waals surface area contributed by atoms with Crippen molar-refractivity contribution in [2.24, 2.45) is 5.14 Å². The fourth-order valence-electron chi connectivity index (χ4n) is 2.98. The molecule has 2 N–H and O–H groups in total. The quantitative estimate of drug-likeness (QED) is 0.433. The monoisotopic (exact) mass is 457 g/mol. The van der Waals surface area contributed by atoms with E-state index >= 15 is 0 Å². The highest BCUT2D eigenvalue weighted by atomic mass is 32.2. The molecule has 0 fully saturated rings. The van der Waals surface area contributed by atoms with E-state index in [9.17, 15) is 21.6 Å². The van der Waals surface area contributed by atoms with Crippen LogP contribution >= 0.6 is 0 Å². The average Bonchev–Trinajstić information content (AvgIpc) is 3.17. The van der Waals surface area contributed by atoms with Crippen molar-refractivity contribution in [1.29, 1.82) is 0 Å². The molecule has 4 aromatic rings. The van der Waals surface area contributed by atoms with Gasteiger partial charge in [0.05, 0.1) is 11.1 Å². The normalized spacial score (nSPS) is 12.2. The molecule has 0 radical (unpaired) electrons. The van der Waals surface area contributed by atoms with Gasteiger partial charge < -0.3 is 4.42 Å². The molecule has 0 aliphatic heterocycles. The van der Waals surface area contributed by atoms with Gasteiger partial charge in [0, 0.05) is 23.4 Å². The number of carbonyl (C=O) groups excluding carboxylic acids is 1. The standard InChI is InChI=1S/C20H15N3O6S2/c21-31(27,28)19-4-2-1-3-18(19)30(25,26)12-16(24)13-5-7-14(8-6-13)20-23-15-11-22-10-9-17(15)29-20/h1-11H,12H2,(H2,21,27,28). The molecule has 0 unspecified atom stereocenters. The first-order chi connectivity index (χ1) is 14.6. The predicted octanol–water partition coefficient (Wildman–Crippen LogP) is 2.19. The van der Waals surface area contributed by atoms with Crippen LogP contribution in [0.2, 0.25) is 0 Å². The molecule has 0 aliphatic carbocycles. The van der Waals surface area contributed by atoms with Crippen LogP contribution in [0.15, 0.2) is 81.2 Å². The van der Waals surface area contributed by atoms with Gasteiger partial charge in [-0.25, -0.2) is 27.0 Å². The third kappa shape index (κ3) is 4.24. The van der Waals surface area contributed by atoms with Crippen LogP contribution in [0.4, 0.5) is 0 Å². The van der Waals surface area contributed by atoms with Crippen molar-refractivity contribution < 1.29 is 26.0 Å². The Morgan fingerprint density at radius 1 is 0.935 bits per heavy atom. The Labute approximate surface area is 177 Å². The molecule has 158 valence electrons. The molecule has 2 aromatic heterocycles. The number of carbonyl (C=O) groups is 1. The fourth-order valence-corrected chi connectivity index (χ4v) is 5.65. The smallest absolute Gasteiger partial charge is 0.239 e. The van der Waals surface area contributed by atoms with Crippen molar-refractivity contribution >= 4 is 36.7 Å². The van der Waals surface area contributed by atoms with E-state index in [0.717, 1.165) is 12.1 Å². The van der Waals surface area contributed by atoms with Gasteiger partial charge in [0.1, 0.15) is 16.2 Å². The van der Waals surface area contributed by atoms with Crippen LogP contribution in [-0.4, -0.2) is 38.3 Å². The highest BCUT2D eigenvalue weighted by molar-refractivity contribution is 7.94. The lowest BCUT2D eigenvalue weighted by Gasteiger charge is -2.08. The minimum Gasteiger partial charge on any atom is -0.436 e. The second-order valence-electron chi connectivity index (χ2n) is 6.61. The number of pyridine rings is 1. The van der Waals surface area contributed by atoms with Crippen molar-refractivity contribution in [3.8, 4) is 11.5 Å². The second kappa shape index (κ2) is 7.69. The Balaban J connectivity index is 1.59. The SMILES string of the molecule is NS(=O)(=O)c1ccccc1S(=O)(=O)CC(=O)c1ccc(-c2nc3cnccc3o2)cc1. The van der Waals surface area contributed by atoms with E-state index < -0.39 is 41.2 Å². The number of sulfone groups is 1. The van der Waals surface area contributed by atoms with Crippen LogP contribution in [0, 0.1) is 0 Å². The van der Waals surface area contributed by atoms with Gasteiger partial charge in [-0.1, -0.05) is 24.3 Å². The molecule has 0 bridgehead atoms. The zero-order valence-corrected chi connectivity index (χ0v) is 17.4. The molecular formula is C20H15N3O6S2. The summed E-state index contributed by atoms with van der Waals surface area (Å²) in [6, 6.07) is 12.6. The predicted molar refractivity (Wildman–Crippen MR) is 111 cm³/mol. The van der Waals surface area contributed by atoms with Crippen molar-refractivity contribution in [2.45, 2.75) is 9.79 Å². The minimum absolute atomic E-state index is 0.137. The molecule has 0 spiro atoms. The number of primary sulfonamides is 1. The molecule has 0 atom stereocenters. The summed E-state index contributed by atoms with van der Waals surface area (Å²) in [7, 11) is -8.52. The Morgan fingerprint density at radius 2 is 1.61 bits per heavy atom. The van der Waals surface area contributed by atoms with E-state index in [0.29, 0.717) is 22.6 Å². The third-order valence-corrected chi connectivity index (χ3v) is 7.22. The number of Topliss-reactive ketones (excluding diaryl/α,β-unsaturated/α-hetero) is 1. The van der Waals surface area contributed by atoms with Crippen molar-refractivity contribution in [3.63, 3.8) is 0 Å². The van der Waals surface area contributed by atoms with Gasteiger partial charge in [-0.15, -0.1) is 0 Å². The largest absolute Gasteiger partial charge is 0.436 e. The van der Waals surface area contributed by atoms with Crippen molar-refractivity contribution in [1.82, 2.24) is 9.97 Å². The molecule has 31 heavy (non-hydrogen) atoms. The van der Waals surface area contributed by atoms with Gasteiger partial charge in [-0.2, -0.15) is 0 Å². The lowest BCUT2D eigenvalue weighted by atomic mass is 10.1. The van der Waals surface area contributed by atoms with E-state index in [2.05, 4.69) is 9.97 Å². The molecule has 2 heterocycles. The number of sulfonamides is 1. The number of nitrogens with two attached hydrogens (primary N) is 1. The fraction of sp³-hybridized carbons (Fsp3) is 0.0500. The number of benzene rings is 2. The van der Waals surface area contributed by atoms with Crippen LogP contribution in [0.1, 0.15) is 10.4 Å². The van der Waals surface area contributed by atoms with Crippen LogP contribution in [0.25, 0.3) is 22.6 Å². The summed E-state index contributed by atoms with van der Waals surface area (Å²) in [5, 5.41) is 5.10. The summed E-state index contributed by atoms with van der Waals surface area (Å²) >= 11 is 0. The van der Waals surface area contributed by atoms with E-state index in [1.165, 1.54) is 24.3 Å². The molecule has 0 aliphatic rings. The van der Waals surface area contributed by atoms with Gasteiger partial charge in [0.2, 0.25) is 15.9 Å². The van der Waals surface area contributed by atoms with Crippen LogP contribution < -0.4 is 5.14 Å². The van der Waals surface area contributed by atoms with Gasteiger partial charge in [0.15, 0.2) is 21.2 Å². The zero-order chi connectivity index (χ0) is 22.2. The Kier molecular flexibility index (Phi) is 5.17. The van der Waals surface area contributed by atoms with E-state index in [1.54, 1.807) is 30.6 Å². The van der Waals surface area contributed by atoms with E-state index in [1.807, 2.05) is 0 Å². The first-order valence-corrected chi connectivity index (χ1v) is 12.0. The molecule has 4 rings (SSSR count). The summed E-state index contributed by atoms with van der Waals surface area (Å²) in [4.78, 5) is 19.8. The number of fused-ring (bicyclic) bond motifs is 1. The Morgan fingerprint density at radius 3 is 2.26 bits per heavy atom. The number of ketones is 1. The lowest BCUT2D eigenvalue weighted by molar-refractivity contribution is 0.102. The number of hydrogen-bond acceptors (Lipinski definition) is 8. The summed E-state index contributed by atoms with van der Waals surface area (Å²) in [6.45, 7) is 0. The highest BCUT2D eigenvalue weighted by Crippen LogP contribution is 2.25. The summed E-state index contributed by atoms with van der Waals surface area (Å²) in [6.07, 6.45) is 3.14. The van der Waals surface area contributed by atoms with Gasteiger partial charge in [-0.3, -0.25) is 9.78 Å². The number of nitrogens with zero attached hydrogens (tertiary/aromatic N) is 2. The number of rotatable bonds is 6. The van der Waals surface area contributed by atoms with Crippen LogP contribution in [-0.2, 0) is 19.9 Å². The lowest BCUT2D eigenvalue weighted by Crippen LogP contribution is -2.21. The first-order valence-electron chi connectivity index (χ1n) is 8.84. The van der Waals surface area contributed by atoms with E-state index in [-0.39, 0.29) is 5.56 Å². The molecule has 2 aromatic carbocycles. The molecule has 11 heteroatoms. The van der Waals surface area contributed by atoms with Gasteiger partial charge in [0.25, 0.3) is 0 Å². The van der Waals surface area contributed by atoms with E-state index in [4.69, 9.17) is 9.56 Å². The van der Waals surface area contributed by atoms with Crippen molar-refractivity contribution in [3.05, 3.63) is 72.6 Å². The maximum absolute atomic E-state index is 12.7. The van der Waals surface area contributed by atoms with Crippen LogP contribution in [0.3, 0.4) is 0 Å². The molecule has 0 amide bonds. The number of hydrogen-bond donors (Lipinski definition) is 1. The molecule has 0 saturated heterocycles. The number of oxazole rings is 1. The third-order valence-electron chi connectivity index (χ3n) is 4.46.